The third-order valence-corrected chi connectivity index (χ3v) is 3.66. The molecule has 0 aliphatic carbocycles. The number of amides is 1. The highest BCUT2D eigenvalue weighted by atomic mass is 16.6. The number of hydrogen-bond donors (Lipinski definition) is 0. The van der Waals surface area contributed by atoms with E-state index < -0.39 is 10.9 Å². The van der Waals surface area contributed by atoms with Crippen molar-refractivity contribution in [3.63, 3.8) is 0 Å². The number of esters is 1. The fourth-order valence-corrected chi connectivity index (χ4v) is 2.44. The third-order valence-electron chi connectivity index (χ3n) is 3.66. The van der Waals surface area contributed by atoms with Gasteiger partial charge in [-0.1, -0.05) is 0 Å². The van der Waals surface area contributed by atoms with E-state index in [4.69, 9.17) is 0 Å². The van der Waals surface area contributed by atoms with Gasteiger partial charge in [-0.15, -0.1) is 0 Å². The molecule has 2 rings (SSSR count). The molecule has 0 aromatic heterocycles. The van der Waals surface area contributed by atoms with E-state index in [1.807, 2.05) is 4.90 Å². The molecule has 1 heterocycles. The summed E-state index contributed by atoms with van der Waals surface area (Å²) >= 11 is 0. The monoisotopic (exact) mass is 307 g/mol. The lowest BCUT2D eigenvalue weighted by atomic mass is 10.1. The van der Waals surface area contributed by atoms with Crippen molar-refractivity contribution >= 4 is 23.3 Å². The number of rotatable bonds is 3. The SMILES string of the molecule is COC(=O)c1ccc([N+](=O)[O-])c(N2CCN(C(C)=O)CC2)c1. The van der Waals surface area contributed by atoms with Gasteiger partial charge in [-0.05, 0) is 12.1 Å². The number of nitrogens with zero attached hydrogens (tertiary/aromatic N) is 3. The van der Waals surface area contributed by atoms with E-state index in [0.717, 1.165) is 0 Å². The maximum absolute atomic E-state index is 11.6. The van der Waals surface area contributed by atoms with Gasteiger partial charge in [-0.2, -0.15) is 0 Å². The Morgan fingerprint density at radius 3 is 2.36 bits per heavy atom. The Balaban J connectivity index is 2.30. The molecule has 0 atom stereocenters. The zero-order valence-electron chi connectivity index (χ0n) is 12.4. The molecular formula is C14H17N3O5. The molecule has 118 valence electrons. The van der Waals surface area contributed by atoms with Crippen LogP contribution in [0.4, 0.5) is 11.4 Å². The maximum atomic E-state index is 11.6. The zero-order chi connectivity index (χ0) is 16.3. The first kappa shape index (κ1) is 15.7. The van der Waals surface area contributed by atoms with Crippen molar-refractivity contribution < 1.29 is 19.2 Å². The Bertz CT molecular complexity index is 608. The second-order valence-corrected chi connectivity index (χ2v) is 4.95. The van der Waals surface area contributed by atoms with Gasteiger partial charge < -0.3 is 14.5 Å². The molecule has 1 saturated heterocycles. The Morgan fingerprint density at radius 2 is 1.86 bits per heavy atom. The van der Waals surface area contributed by atoms with E-state index in [9.17, 15) is 19.7 Å². The minimum Gasteiger partial charge on any atom is -0.465 e. The van der Waals surface area contributed by atoms with E-state index in [1.54, 1.807) is 4.90 Å². The lowest BCUT2D eigenvalue weighted by Gasteiger charge is -2.35. The number of nitro groups is 1. The molecule has 8 nitrogen and oxygen atoms in total. The highest BCUT2D eigenvalue weighted by Crippen LogP contribution is 2.30. The molecule has 0 bridgehead atoms. The molecule has 8 heteroatoms. The molecule has 0 N–H and O–H groups in total. The molecule has 0 saturated carbocycles. The molecule has 1 fully saturated rings. The average Bonchev–Trinajstić information content (AvgIpc) is 2.53. The molecule has 0 unspecified atom stereocenters. The lowest BCUT2D eigenvalue weighted by molar-refractivity contribution is -0.384. The number of hydrogen-bond acceptors (Lipinski definition) is 6. The third kappa shape index (κ3) is 3.16. The van der Waals surface area contributed by atoms with Crippen LogP contribution in [0.2, 0.25) is 0 Å². The Kier molecular flexibility index (Phi) is 4.59. The Morgan fingerprint density at radius 1 is 1.23 bits per heavy atom. The molecule has 1 aliphatic rings. The minimum absolute atomic E-state index is 0.0162. The largest absolute Gasteiger partial charge is 0.465 e. The summed E-state index contributed by atoms with van der Waals surface area (Å²) in [6.07, 6.45) is 0. The quantitative estimate of drug-likeness (QED) is 0.471. The molecule has 1 aromatic rings. The van der Waals surface area contributed by atoms with E-state index in [2.05, 4.69) is 4.74 Å². The summed E-state index contributed by atoms with van der Waals surface area (Å²) in [5, 5.41) is 11.2. The number of nitro benzene ring substituents is 1. The van der Waals surface area contributed by atoms with Gasteiger partial charge in [0.1, 0.15) is 5.69 Å². The van der Waals surface area contributed by atoms with Crippen LogP contribution in [0.25, 0.3) is 0 Å². The van der Waals surface area contributed by atoms with Crippen molar-refractivity contribution in [2.45, 2.75) is 6.92 Å². The second kappa shape index (κ2) is 6.42. The van der Waals surface area contributed by atoms with Crippen molar-refractivity contribution in [3.8, 4) is 0 Å². The molecule has 1 aliphatic heterocycles. The van der Waals surface area contributed by atoms with Gasteiger partial charge in [0.15, 0.2) is 0 Å². The van der Waals surface area contributed by atoms with Gasteiger partial charge in [0.05, 0.1) is 17.6 Å². The molecule has 0 radical (unpaired) electrons. The van der Waals surface area contributed by atoms with Gasteiger partial charge in [-0.25, -0.2) is 4.79 Å². The number of carbonyl (C=O) groups is 2. The van der Waals surface area contributed by atoms with E-state index in [1.165, 1.54) is 32.2 Å². The summed E-state index contributed by atoms with van der Waals surface area (Å²) in [4.78, 5) is 37.1. The van der Waals surface area contributed by atoms with Crippen LogP contribution in [-0.2, 0) is 9.53 Å². The topological polar surface area (TPSA) is 93.0 Å². The zero-order valence-corrected chi connectivity index (χ0v) is 12.4. The summed E-state index contributed by atoms with van der Waals surface area (Å²) in [6, 6.07) is 4.14. The van der Waals surface area contributed by atoms with Gasteiger partial charge in [0.2, 0.25) is 5.91 Å². The Labute approximate surface area is 127 Å². The number of benzene rings is 1. The van der Waals surface area contributed by atoms with Crippen molar-refractivity contribution in [1.29, 1.82) is 0 Å². The molecule has 1 aromatic carbocycles. The summed E-state index contributed by atoms with van der Waals surface area (Å²) in [5.41, 5.74) is 0.567. The van der Waals surface area contributed by atoms with Gasteiger partial charge in [0, 0.05) is 39.2 Å². The minimum atomic E-state index is -0.543. The normalized spacial score (nSPS) is 14.6. The highest BCUT2D eigenvalue weighted by Gasteiger charge is 2.25. The van der Waals surface area contributed by atoms with E-state index in [0.29, 0.717) is 31.9 Å². The summed E-state index contributed by atoms with van der Waals surface area (Å²) in [7, 11) is 1.26. The van der Waals surface area contributed by atoms with Crippen molar-refractivity contribution in [2.75, 3.05) is 38.2 Å². The smallest absolute Gasteiger partial charge is 0.337 e. The number of piperazine rings is 1. The maximum Gasteiger partial charge on any atom is 0.337 e. The van der Waals surface area contributed by atoms with Crippen molar-refractivity contribution in [3.05, 3.63) is 33.9 Å². The van der Waals surface area contributed by atoms with Crippen LogP contribution >= 0.6 is 0 Å². The fourth-order valence-electron chi connectivity index (χ4n) is 2.44. The van der Waals surface area contributed by atoms with Crippen LogP contribution in [0, 0.1) is 10.1 Å². The first-order valence-corrected chi connectivity index (χ1v) is 6.81. The van der Waals surface area contributed by atoms with E-state index in [-0.39, 0.29) is 17.2 Å². The first-order valence-electron chi connectivity index (χ1n) is 6.81. The average molecular weight is 307 g/mol. The Hall–Kier alpha value is -2.64. The second-order valence-electron chi connectivity index (χ2n) is 4.95. The number of ether oxygens (including phenoxy) is 1. The predicted octanol–water partition coefficient (Wildman–Crippen LogP) is 1.05. The summed E-state index contributed by atoms with van der Waals surface area (Å²) < 4.78 is 4.65. The summed E-state index contributed by atoms with van der Waals surface area (Å²) in [6.45, 7) is 3.44. The lowest BCUT2D eigenvalue weighted by Crippen LogP contribution is -2.48. The predicted molar refractivity (Wildman–Crippen MR) is 78.9 cm³/mol. The number of anilines is 1. The van der Waals surface area contributed by atoms with Crippen LogP contribution in [0.1, 0.15) is 17.3 Å². The first-order chi connectivity index (χ1) is 10.4. The molecule has 0 spiro atoms. The molecule has 22 heavy (non-hydrogen) atoms. The van der Waals surface area contributed by atoms with Crippen LogP contribution < -0.4 is 4.90 Å². The highest BCUT2D eigenvalue weighted by molar-refractivity contribution is 5.91. The van der Waals surface area contributed by atoms with Crippen LogP contribution in [0.5, 0.6) is 0 Å². The van der Waals surface area contributed by atoms with E-state index >= 15 is 0 Å². The van der Waals surface area contributed by atoms with Gasteiger partial charge in [0.25, 0.3) is 5.69 Å². The number of methoxy groups -OCH3 is 1. The van der Waals surface area contributed by atoms with Gasteiger partial charge >= 0.3 is 5.97 Å². The summed E-state index contributed by atoms with van der Waals surface area (Å²) in [5.74, 6) is -0.559. The fraction of sp³-hybridized carbons (Fsp3) is 0.429. The van der Waals surface area contributed by atoms with Gasteiger partial charge in [-0.3, -0.25) is 14.9 Å². The van der Waals surface area contributed by atoms with Crippen LogP contribution in [0.15, 0.2) is 18.2 Å². The van der Waals surface area contributed by atoms with Crippen molar-refractivity contribution in [1.82, 2.24) is 4.90 Å². The molecular weight excluding hydrogens is 290 g/mol. The molecule has 1 amide bonds. The van der Waals surface area contributed by atoms with Crippen LogP contribution in [-0.4, -0.2) is 55.0 Å². The number of carbonyl (C=O) groups excluding carboxylic acids is 2. The van der Waals surface area contributed by atoms with Crippen LogP contribution in [0.3, 0.4) is 0 Å². The van der Waals surface area contributed by atoms with Crippen molar-refractivity contribution in [2.24, 2.45) is 0 Å². The standard InChI is InChI=1S/C14H17N3O5/c1-10(18)15-5-7-16(8-6-15)13-9-11(14(19)22-2)3-4-12(13)17(20)21/h3-4,9H,5-8H2,1-2H3.